The second kappa shape index (κ2) is 7.23. The summed E-state index contributed by atoms with van der Waals surface area (Å²) in [7, 11) is -1.28. The summed E-state index contributed by atoms with van der Waals surface area (Å²) in [4.78, 5) is 0.491. The molecule has 106 valence electrons. The topological polar surface area (TPSA) is 43.1 Å². The maximum Gasteiger partial charge on any atom is 0.0760 e. The summed E-state index contributed by atoms with van der Waals surface area (Å²) in [5, 5.41) is 0.860. The van der Waals surface area contributed by atoms with Crippen molar-refractivity contribution in [2.24, 2.45) is 5.73 Å². The van der Waals surface area contributed by atoms with Gasteiger partial charge in [0.05, 0.1) is 25.7 Å². The fourth-order valence-corrected chi connectivity index (χ4v) is 4.34. The molecule has 0 saturated carbocycles. The molecule has 0 aliphatic carbocycles. The highest BCUT2D eigenvalue weighted by Gasteiger charge is 2.18. The van der Waals surface area contributed by atoms with Gasteiger partial charge in [0.15, 0.2) is 0 Å². The summed E-state index contributed by atoms with van der Waals surface area (Å²) in [6.45, 7) is 0.428. The zero-order valence-corrected chi connectivity index (χ0v) is 13.1. The van der Waals surface area contributed by atoms with Gasteiger partial charge < -0.3 is 5.73 Å². The van der Waals surface area contributed by atoms with Crippen molar-refractivity contribution in [1.82, 2.24) is 0 Å². The lowest BCUT2D eigenvalue weighted by molar-refractivity contribution is 0.673. The maximum absolute atomic E-state index is 12.5. The van der Waals surface area contributed by atoms with Crippen LogP contribution in [0.4, 0.5) is 0 Å². The van der Waals surface area contributed by atoms with Crippen LogP contribution in [0.3, 0.4) is 0 Å². The van der Waals surface area contributed by atoms with E-state index in [1.54, 1.807) is 18.2 Å². The summed E-state index contributed by atoms with van der Waals surface area (Å²) < 4.78 is 12.5. The van der Waals surface area contributed by atoms with Gasteiger partial charge in [0.1, 0.15) is 0 Å². The first kappa shape index (κ1) is 15.5. The van der Waals surface area contributed by atoms with E-state index < -0.39 is 10.8 Å². The van der Waals surface area contributed by atoms with Crippen LogP contribution in [-0.4, -0.2) is 16.5 Å². The van der Waals surface area contributed by atoms with Gasteiger partial charge in [-0.2, -0.15) is 0 Å². The lowest BCUT2D eigenvalue weighted by Gasteiger charge is -2.15. The molecule has 2 aromatic rings. The Bertz CT molecular complexity index is 584. The molecule has 2 unspecified atom stereocenters. The molecule has 0 aliphatic heterocycles. The standard InChI is InChI=1S/C15H15Cl2NOS/c16-13-7-4-8-14(17)15(13)20(19)10-12(9-18)11-5-2-1-3-6-11/h1-8,12H,9-10,18H2. The Kier molecular flexibility index (Phi) is 5.61. The summed E-state index contributed by atoms with van der Waals surface area (Å²) in [5.74, 6) is 0.425. The molecule has 2 atom stereocenters. The number of rotatable bonds is 5. The average Bonchev–Trinajstić information content (AvgIpc) is 2.45. The zero-order chi connectivity index (χ0) is 14.5. The first-order valence-electron chi connectivity index (χ1n) is 6.21. The van der Waals surface area contributed by atoms with Crippen LogP contribution < -0.4 is 5.73 Å². The minimum atomic E-state index is -1.28. The molecule has 0 radical (unpaired) electrons. The van der Waals surface area contributed by atoms with E-state index in [2.05, 4.69) is 0 Å². The van der Waals surface area contributed by atoms with Crippen molar-refractivity contribution < 1.29 is 4.21 Å². The van der Waals surface area contributed by atoms with E-state index in [-0.39, 0.29) is 5.92 Å². The van der Waals surface area contributed by atoms with Gasteiger partial charge in [0.25, 0.3) is 0 Å². The van der Waals surface area contributed by atoms with Crippen molar-refractivity contribution in [2.45, 2.75) is 10.8 Å². The number of hydrogen-bond donors (Lipinski definition) is 1. The molecule has 2 rings (SSSR count). The van der Waals surface area contributed by atoms with Gasteiger partial charge in [-0.1, -0.05) is 59.6 Å². The molecular formula is C15H15Cl2NOS. The molecule has 2 aromatic carbocycles. The quantitative estimate of drug-likeness (QED) is 0.906. The number of benzene rings is 2. The number of nitrogens with two attached hydrogens (primary N) is 1. The maximum atomic E-state index is 12.5. The van der Waals surface area contributed by atoms with E-state index >= 15 is 0 Å². The van der Waals surface area contributed by atoms with Crippen LogP contribution in [0.2, 0.25) is 10.0 Å². The van der Waals surface area contributed by atoms with Crippen LogP contribution in [-0.2, 0) is 10.8 Å². The van der Waals surface area contributed by atoms with E-state index in [1.165, 1.54) is 0 Å². The highest BCUT2D eigenvalue weighted by Crippen LogP contribution is 2.29. The van der Waals surface area contributed by atoms with Gasteiger partial charge in [-0.3, -0.25) is 4.21 Å². The lowest BCUT2D eigenvalue weighted by atomic mass is 10.0. The molecule has 0 aliphatic rings. The van der Waals surface area contributed by atoms with E-state index in [0.29, 0.717) is 27.2 Å². The van der Waals surface area contributed by atoms with E-state index in [9.17, 15) is 4.21 Å². The SMILES string of the molecule is NCC(CS(=O)c1c(Cl)cccc1Cl)c1ccccc1. The molecule has 20 heavy (non-hydrogen) atoms. The molecule has 0 amide bonds. The molecule has 0 spiro atoms. The highest BCUT2D eigenvalue weighted by atomic mass is 35.5. The van der Waals surface area contributed by atoms with Crippen LogP contribution in [0.1, 0.15) is 11.5 Å². The first-order valence-corrected chi connectivity index (χ1v) is 8.28. The predicted octanol–water partition coefficient (Wildman–Crippen LogP) is 3.84. The van der Waals surface area contributed by atoms with Crippen molar-refractivity contribution in [1.29, 1.82) is 0 Å². The Labute approximate surface area is 131 Å². The normalized spacial score (nSPS) is 13.9. The van der Waals surface area contributed by atoms with Crippen molar-refractivity contribution in [3.8, 4) is 0 Å². The van der Waals surface area contributed by atoms with E-state index in [1.807, 2.05) is 30.3 Å². The lowest BCUT2D eigenvalue weighted by Crippen LogP contribution is -2.19. The Morgan fingerprint density at radius 3 is 2.15 bits per heavy atom. The van der Waals surface area contributed by atoms with Crippen LogP contribution in [0.5, 0.6) is 0 Å². The fourth-order valence-electron chi connectivity index (χ4n) is 1.99. The van der Waals surface area contributed by atoms with E-state index in [0.717, 1.165) is 5.56 Å². The Morgan fingerprint density at radius 2 is 1.60 bits per heavy atom. The molecular weight excluding hydrogens is 313 g/mol. The van der Waals surface area contributed by atoms with Gasteiger partial charge in [-0.05, 0) is 17.7 Å². The van der Waals surface area contributed by atoms with E-state index in [4.69, 9.17) is 28.9 Å². The molecule has 0 aromatic heterocycles. The first-order chi connectivity index (χ1) is 9.63. The largest absolute Gasteiger partial charge is 0.330 e. The highest BCUT2D eigenvalue weighted by molar-refractivity contribution is 7.85. The van der Waals surface area contributed by atoms with Gasteiger partial charge in [-0.25, -0.2) is 0 Å². The van der Waals surface area contributed by atoms with Gasteiger partial charge in [0, 0.05) is 18.2 Å². The molecule has 0 fully saturated rings. The Hall–Kier alpha value is -0.870. The molecule has 0 bridgehead atoms. The molecule has 0 heterocycles. The predicted molar refractivity (Wildman–Crippen MR) is 86.0 cm³/mol. The smallest absolute Gasteiger partial charge is 0.0760 e. The second-order valence-corrected chi connectivity index (χ2v) is 6.65. The molecule has 2 N–H and O–H groups in total. The minimum absolute atomic E-state index is 0.0179. The molecule has 0 saturated heterocycles. The third kappa shape index (κ3) is 3.61. The average molecular weight is 328 g/mol. The Morgan fingerprint density at radius 1 is 1.00 bits per heavy atom. The van der Waals surface area contributed by atoms with Crippen LogP contribution >= 0.6 is 23.2 Å². The van der Waals surface area contributed by atoms with Crippen LogP contribution in [0, 0.1) is 0 Å². The second-order valence-electron chi connectivity index (χ2n) is 4.41. The number of hydrogen-bond acceptors (Lipinski definition) is 2. The number of halogens is 2. The van der Waals surface area contributed by atoms with Crippen molar-refractivity contribution in [2.75, 3.05) is 12.3 Å². The third-order valence-corrected chi connectivity index (χ3v) is 5.51. The summed E-state index contributed by atoms with van der Waals surface area (Å²) >= 11 is 12.2. The molecule has 5 heteroatoms. The van der Waals surface area contributed by atoms with Crippen molar-refractivity contribution in [3.63, 3.8) is 0 Å². The summed E-state index contributed by atoms with van der Waals surface area (Å²) in [5.41, 5.74) is 6.88. The summed E-state index contributed by atoms with van der Waals surface area (Å²) in [6, 6.07) is 14.9. The minimum Gasteiger partial charge on any atom is -0.330 e. The zero-order valence-electron chi connectivity index (χ0n) is 10.8. The monoisotopic (exact) mass is 327 g/mol. The van der Waals surface area contributed by atoms with Gasteiger partial charge >= 0.3 is 0 Å². The van der Waals surface area contributed by atoms with Crippen LogP contribution in [0.25, 0.3) is 0 Å². The van der Waals surface area contributed by atoms with Crippen molar-refractivity contribution in [3.05, 3.63) is 64.1 Å². The fraction of sp³-hybridized carbons (Fsp3) is 0.200. The third-order valence-electron chi connectivity index (χ3n) is 3.05. The summed E-state index contributed by atoms with van der Waals surface area (Å²) in [6.07, 6.45) is 0. The van der Waals surface area contributed by atoms with Gasteiger partial charge in [0.2, 0.25) is 0 Å². The van der Waals surface area contributed by atoms with Gasteiger partial charge in [-0.15, -0.1) is 0 Å². The van der Waals surface area contributed by atoms with Crippen LogP contribution in [0.15, 0.2) is 53.4 Å². The molecule has 2 nitrogen and oxygen atoms in total. The Balaban J connectivity index is 2.22. The van der Waals surface area contributed by atoms with Crippen molar-refractivity contribution >= 4 is 34.0 Å².